The van der Waals surface area contributed by atoms with E-state index in [9.17, 15) is 9.18 Å². The Morgan fingerprint density at radius 2 is 1.92 bits per heavy atom. The van der Waals surface area contributed by atoms with Crippen molar-refractivity contribution in [3.63, 3.8) is 0 Å². The first-order valence-corrected chi connectivity index (χ1v) is 9.43. The lowest BCUT2D eigenvalue weighted by Gasteiger charge is -2.37. The third kappa shape index (κ3) is 4.63. The van der Waals surface area contributed by atoms with Gasteiger partial charge in [-0.3, -0.25) is 9.69 Å². The maximum atomic E-state index is 13.3. The van der Waals surface area contributed by atoms with Crippen LogP contribution >= 0.6 is 11.6 Å². The molecule has 0 bridgehead atoms. The highest BCUT2D eigenvalue weighted by atomic mass is 35.5. The number of carbonyl (C=O) groups excluding carboxylic acids is 1. The molecule has 1 amide bonds. The lowest BCUT2D eigenvalue weighted by Crippen LogP contribution is -2.45. The Labute approximate surface area is 159 Å². The van der Waals surface area contributed by atoms with E-state index in [1.165, 1.54) is 12.1 Å². The first-order valence-electron chi connectivity index (χ1n) is 9.05. The molecule has 5 heteroatoms. The molecule has 0 radical (unpaired) electrons. The number of likely N-dealkylation sites (tertiary alicyclic amines) is 1. The molecule has 3 nitrogen and oxygen atoms in total. The summed E-state index contributed by atoms with van der Waals surface area (Å²) in [6.07, 6.45) is 0.774. The van der Waals surface area contributed by atoms with Crippen molar-refractivity contribution in [2.75, 3.05) is 19.6 Å². The van der Waals surface area contributed by atoms with Crippen LogP contribution in [-0.4, -0.2) is 30.4 Å². The van der Waals surface area contributed by atoms with Crippen molar-refractivity contribution in [1.82, 2.24) is 10.2 Å². The summed E-state index contributed by atoms with van der Waals surface area (Å²) in [6, 6.07) is 14.4. The molecule has 2 aromatic rings. The van der Waals surface area contributed by atoms with Crippen LogP contribution in [0.1, 0.15) is 30.4 Å². The summed E-state index contributed by atoms with van der Waals surface area (Å²) < 4.78 is 13.3. The van der Waals surface area contributed by atoms with E-state index in [2.05, 4.69) is 10.2 Å². The summed E-state index contributed by atoms with van der Waals surface area (Å²) in [5, 5.41) is 3.68. The normalized spacial score (nSPS) is 20.7. The van der Waals surface area contributed by atoms with Gasteiger partial charge in [-0.05, 0) is 48.6 Å². The summed E-state index contributed by atoms with van der Waals surface area (Å²) in [6.45, 7) is 4.79. The van der Waals surface area contributed by atoms with Crippen molar-refractivity contribution in [3.05, 3.63) is 70.5 Å². The fraction of sp³-hybridized carbons (Fsp3) is 0.381. The topological polar surface area (TPSA) is 32.3 Å². The van der Waals surface area contributed by atoms with Gasteiger partial charge in [0.25, 0.3) is 0 Å². The summed E-state index contributed by atoms with van der Waals surface area (Å²) in [4.78, 5) is 14.7. The first kappa shape index (κ1) is 18.9. The van der Waals surface area contributed by atoms with E-state index in [4.69, 9.17) is 11.6 Å². The van der Waals surface area contributed by atoms with Crippen molar-refractivity contribution in [2.45, 2.75) is 25.8 Å². The number of rotatable bonds is 5. The molecule has 26 heavy (non-hydrogen) atoms. The highest BCUT2D eigenvalue weighted by Crippen LogP contribution is 2.32. The van der Waals surface area contributed by atoms with Gasteiger partial charge in [0.2, 0.25) is 5.91 Å². The van der Waals surface area contributed by atoms with Crippen LogP contribution in [0.2, 0.25) is 5.02 Å². The number of amides is 1. The molecule has 1 aliphatic heterocycles. The molecular formula is C21H24ClFN2O. The number of benzene rings is 2. The van der Waals surface area contributed by atoms with E-state index in [0.29, 0.717) is 19.6 Å². The number of hydrogen-bond donors (Lipinski definition) is 1. The molecule has 0 aliphatic carbocycles. The van der Waals surface area contributed by atoms with Gasteiger partial charge in [-0.25, -0.2) is 4.39 Å². The Balaban J connectivity index is 1.80. The van der Waals surface area contributed by atoms with Gasteiger partial charge >= 0.3 is 0 Å². The number of piperidine rings is 1. The predicted octanol–water partition coefficient (Wildman–Crippen LogP) is 4.22. The van der Waals surface area contributed by atoms with Gasteiger partial charge < -0.3 is 5.32 Å². The van der Waals surface area contributed by atoms with Gasteiger partial charge in [-0.15, -0.1) is 0 Å². The predicted molar refractivity (Wildman–Crippen MR) is 103 cm³/mol. The van der Waals surface area contributed by atoms with Crippen LogP contribution in [0.3, 0.4) is 0 Å². The molecule has 1 heterocycles. The maximum absolute atomic E-state index is 13.3. The number of hydrogen-bond acceptors (Lipinski definition) is 2. The highest BCUT2D eigenvalue weighted by molar-refractivity contribution is 6.31. The number of halogens is 2. The highest BCUT2D eigenvalue weighted by Gasteiger charge is 2.32. The zero-order valence-corrected chi connectivity index (χ0v) is 15.7. The summed E-state index contributed by atoms with van der Waals surface area (Å²) in [5.41, 5.74) is 2.13. The quantitative estimate of drug-likeness (QED) is 0.849. The molecule has 138 valence electrons. The summed E-state index contributed by atoms with van der Waals surface area (Å²) in [7, 11) is 0. The Bertz CT molecular complexity index is 750. The van der Waals surface area contributed by atoms with E-state index < -0.39 is 0 Å². The maximum Gasteiger partial charge on any atom is 0.224 e. The van der Waals surface area contributed by atoms with E-state index >= 15 is 0 Å². The second-order valence-corrected chi connectivity index (χ2v) is 7.27. The van der Waals surface area contributed by atoms with E-state index in [0.717, 1.165) is 29.1 Å². The molecule has 1 saturated heterocycles. The lowest BCUT2D eigenvalue weighted by molar-refractivity contribution is -0.127. The van der Waals surface area contributed by atoms with Crippen LogP contribution in [0.25, 0.3) is 0 Å². The van der Waals surface area contributed by atoms with Crippen LogP contribution in [0.5, 0.6) is 0 Å². The molecule has 1 fully saturated rings. The second-order valence-electron chi connectivity index (χ2n) is 6.86. The number of nitrogens with one attached hydrogen (secondary N) is 1. The SMILES string of the molecule is CCNC(=O)[C@@H]1C[C@H](c2ccc(F)cc2)CN(Cc2ccccc2Cl)C1. The Morgan fingerprint density at radius 1 is 1.19 bits per heavy atom. The van der Waals surface area contributed by atoms with Gasteiger partial charge in [0.05, 0.1) is 5.92 Å². The number of nitrogens with zero attached hydrogens (tertiary/aromatic N) is 1. The minimum atomic E-state index is -0.238. The second kappa shape index (κ2) is 8.65. The van der Waals surface area contributed by atoms with Crippen LogP contribution in [0, 0.1) is 11.7 Å². The van der Waals surface area contributed by atoms with Gasteiger partial charge in [0.15, 0.2) is 0 Å². The zero-order valence-electron chi connectivity index (χ0n) is 14.9. The van der Waals surface area contributed by atoms with Crippen LogP contribution in [-0.2, 0) is 11.3 Å². The van der Waals surface area contributed by atoms with Crippen molar-refractivity contribution in [1.29, 1.82) is 0 Å². The van der Waals surface area contributed by atoms with Gasteiger partial charge in [-0.1, -0.05) is 41.9 Å². The Morgan fingerprint density at radius 3 is 2.62 bits per heavy atom. The minimum Gasteiger partial charge on any atom is -0.356 e. The van der Waals surface area contributed by atoms with Crippen molar-refractivity contribution >= 4 is 17.5 Å². The average Bonchev–Trinajstić information content (AvgIpc) is 2.64. The largest absolute Gasteiger partial charge is 0.356 e. The monoisotopic (exact) mass is 374 g/mol. The van der Waals surface area contributed by atoms with Crippen LogP contribution in [0.4, 0.5) is 4.39 Å². The summed E-state index contributed by atoms with van der Waals surface area (Å²) >= 11 is 6.32. The number of carbonyl (C=O) groups is 1. The molecular weight excluding hydrogens is 351 g/mol. The van der Waals surface area contributed by atoms with Crippen molar-refractivity contribution < 1.29 is 9.18 Å². The molecule has 0 aromatic heterocycles. The fourth-order valence-electron chi connectivity index (χ4n) is 3.67. The Hall–Kier alpha value is -1.91. The van der Waals surface area contributed by atoms with Crippen molar-refractivity contribution in [2.24, 2.45) is 5.92 Å². The summed E-state index contributed by atoms with van der Waals surface area (Å²) in [5.74, 6) is -0.0399. The first-order chi connectivity index (χ1) is 12.6. The van der Waals surface area contributed by atoms with Crippen LogP contribution in [0.15, 0.2) is 48.5 Å². The van der Waals surface area contributed by atoms with Gasteiger partial charge in [-0.2, -0.15) is 0 Å². The molecule has 0 saturated carbocycles. The van der Waals surface area contributed by atoms with Crippen molar-refractivity contribution in [3.8, 4) is 0 Å². The van der Waals surface area contributed by atoms with E-state index in [-0.39, 0.29) is 23.6 Å². The van der Waals surface area contributed by atoms with E-state index in [1.54, 1.807) is 0 Å². The molecule has 0 spiro atoms. The minimum absolute atomic E-state index is 0.0822. The molecule has 3 rings (SSSR count). The smallest absolute Gasteiger partial charge is 0.224 e. The van der Waals surface area contributed by atoms with Gasteiger partial charge in [0, 0.05) is 31.2 Å². The third-order valence-electron chi connectivity index (χ3n) is 4.94. The zero-order chi connectivity index (χ0) is 18.5. The third-order valence-corrected chi connectivity index (χ3v) is 5.31. The Kier molecular flexibility index (Phi) is 6.28. The molecule has 0 unspecified atom stereocenters. The molecule has 2 aromatic carbocycles. The average molecular weight is 375 g/mol. The molecule has 2 atom stereocenters. The lowest BCUT2D eigenvalue weighted by atomic mass is 9.84. The molecule has 1 N–H and O–H groups in total. The van der Waals surface area contributed by atoms with Gasteiger partial charge in [0.1, 0.15) is 5.82 Å². The molecule has 1 aliphatic rings. The fourth-order valence-corrected chi connectivity index (χ4v) is 3.87. The standard InChI is InChI=1S/C21H24ClFN2O/c1-2-24-21(26)18-11-17(15-7-9-19(23)10-8-15)13-25(14-18)12-16-5-3-4-6-20(16)22/h3-10,17-18H,2,11-14H2,1H3,(H,24,26)/t17-,18+/m0/s1. The van der Waals surface area contributed by atoms with Crippen LogP contribution < -0.4 is 5.32 Å². The van der Waals surface area contributed by atoms with E-state index in [1.807, 2.05) is 43.3 Å².